The van der Waals surface area contributed by atoms with Crippen LogP contribution >= 0.6 is 0 Å². The van der Waals surface area contributed by atoms with Crippen LogP contribution in [0.15, 0.2) is 231 Å². The number of benzene rings is 9. The largest absolute Gasteiger partial charge is 0.496 e. The van der Waals surface area contributed by atoms with Gasteiger partial charge >= 0.3 is 0 Å². The maximum atomic E-state index is 14.0. The van der Waals surface area contributed by atoms with Crippen LogP contribution in [-0.4, -0.2) is 12.2 Å². The van der Waals surface area contributed by atoms with Gasteiger partial charge in [-0.25, -0.2) is 0 Å². The first-order valence-electron chi connectivity index (χ1n) is 21.5. The molecule has 0 bridgehead atoms. The van der Waals surface area contributed by atoms with E-state index in [2.05, 4.69) is 218 Å². The second-order valence-electron chi connectivity index (χ2n) is 16.6. The number of methoxy groups -OCH3 is 1. The van der Waals surface area contributed by atoms with Crippen molar-refractivity contribution in [3.63, 3.8) is 0 Å². The first-order valence-corrected chi connectivity index (χ1v) is 21.5. The molecule has 4 heteroatoms. The number of fused-ring (bicyclic) bond motifs is 3. The first kappa shape index (κ1) is 39.5. The molecule has 9 aromatic rings. The van der Waals surface area contributed by atoms with E-state index in [0.717, 1.165) is 61.9 Å². The van der Waals surface area contributed by atoms with Crippen molar-refractivity contribution >= 4 is 34.1 Å². The van der Waals surface area contributed by atoms with Crippen molar-refractivity contribution in [2.45, 2.75) is 24.9 Å². The summed E-state index contributed by atoms with van der Waals surface area (Å²) in [4.78, 5) is 4.47. The van der Waals surface area contributed by atoms with E-state index in [1.807, 2.05) is 36.4 Å². The fourth-order valence-corrected chi connectivity index (χ4v) is 9.54. The molecule has 0 aromatic heterocycles. The highest BCUT2D eigenvalue weighted by molar-refractivity contribution is 5.85. The van der Waals surface area contributed by atoms with E-state index < -0.39 is 5.60 Å². The predicted octanol–water partition coefficient (Wildman–Crippen LogP) is 14.9. The summed E-state index contributed by atoms with van der Waals surface area (Å²) in [5.41, 5.74) is 13.2. The topological polar surface area (TPSA) is 35.9 Å². The minimum absolute atomic E-state index is 0.263. The van der Waals surface area contributed by atoms with Crippen LogP contribution in [0.4, 0.5) is 34.1 Å². The van der Waals surface area contributed by atoms with Crippen LogP contribution in [0.25, 0.3) is 22.3 Å². The van der Waals surface area contributed by atoms with Crippen LogP contribution in [0.1, 0.15) is 41.7 Å². The Balaban J connectivity index is 1.15. The molecule has 1 atom stereocenters. The summed E-state index contributed by atoms with van der Waals surface area (Å²) in [6.45, 7) is 4.57. The highest BCUT2D eigenvalue weighted by atomic mass is 16.5. The third-order valence-corrected chi connectivity index (χ3v) is 12.7. The van der Waals surface area contributed by atoms with Crippen LogP contribution in [0, 0.1) is 0 Å². The SMILES string of the molecule is COc1cc(N(c2ccccc2)c2ccccc2)ccc1-c1ccccc1C(O)(c1ccc(N(c2ccccc2)c2ccccc2)cc1)c1ccc2c(c1)C(C)(C)c1ccccc1-2. The van der Waals surface area contributed by atoms with Gasteiger partial charge in [-0.3, -0.25) is 0 Å². The van der Waals surface area contributed by atoms with Crippen LogP contribution in [-0.2, 0) is 11.0 Å². The Labute approximate surface area is 370 Å². The van der Waals surface area contributed by atoms with Gasteiger partial charge in [0.2, 0.25) is 0 Å². The number of hydrogen-bond acceptors (Lipinski definition) is 4. The smallest absolute Gasteiger partial charge is 0.141 e. The summed E-state index contributed by atoms with van der Waals surface area (Å²) in [7, 11) is 1.72. The summed E-state index contributed by atoms with van der Waals surface area (Å²) < 4.78 is 6.28. The van der Waals surface area contributed by atoms with Crippen LogP contribution in [0.2, 0.25) is 0 Å². The summed E-state index contributed by atoms with van der Waals surface area (Å²) >= 11 is 0. The molecule has 1 aliphatic rings. The van der Waals surface area contributed by atoms with Crippen molar-refractivity contribution < 1.29 is 9.84 Å². The van der Waals surface area contributed by atoms with Crippen LogP contribution in [0.3, 0.4) is 0 Å². The number of ether oxygens (including phenoxy) is 1. The summed E-state index contributed by atoms with van der Waals surface area (Å²) in [6.07, 6.45) is 0. The van der Waals surface area contributed by atoms with Gasteiger partial charge in [0.1, 0.15) is 11.4 Å². The van der Waals surface area contributed by atoms with Gasteiger partial charge in [0.15, 0.2) is 0 Å². The molecule has 10 rings (SSSR count). The second-order valence-corrected chi connectivity index (χ2v) is 16.6. The predicted molar refractivity (Wildman–Crippen MR) is 260 cm³/mol. The molecule has 4 nitrogen and oxygen atoms in total. The minimum atomic E-state index is -1.58. The zero-order chi connectivity index (χ0) is 43.0. The second kappa shape index (κ2) is 16.3. The molecule has 0 spiro atoms. The monoisotopic (exact) mass is 816 g/mol. The lowest BCUT2D eigenvalue weighted by molar-refractivity contribution is 0.126. The normalized spacial score (nSPS) is 13.3. The Bertz CT molecular complexity index is 2940. The van der Waals surface area contributed by atoms with E-state index in [9.17, 15) is 5.11 Å². The average Bonchev–Trinajstić information content (AvgIpc) is 3.58. The molecule has 0 fully saturated rings. The number of nitrogens with zero attached hydrogens (tertiary/aromatic N) is 2. The van der Waals surface area contributed by atoms with Crippen LogP contribution < -0.4 is 14.5 Å². The lowest BCUT2D eigenvalue weighted by Crippen LogP contribution is -2.30. The molecule has 0 saturated carbocycles. The maximum absolute atomic E-state index is 14.0. The number of hydrogen-bond donors (Lipinski definition) is 1. The number of anilines is 6. The summed E-state index contributed by atoms with van der Waals surface area (Å²) in [5.74, 6) is 0.696. The third-order valence-electron chi connectivity index (χ3n) is 12.7. The summed E-state index contributed by atoms with van der Waals surface area (Å²) in [5, 5.41) is 14.0. The zero-order valence-corrected chi connectivity index (χ0v) is 35.7. The van der Waals surface area contributed by atoms with Crippen LogP contribution in [0.5, 0.6) is 5.75 Å². The molecule has 0 amide bonds. The van der Waals surface area contributed by atoms with E-state index in [-0.39, 0.29) is 5.41 Å². The lowest BCUT2D eigenvalue weighted by Gasteiger charge is -2.34. The highest BCUT2D eigenvalue weighted by Gasteiger charge is 2.41. The first-order chi connectivity index (χ1) is 30.9. The molecule has 9 aromatic carbocycles. The Hall–Kier alpha value is -7.66. The molecule has 0 radical (unpaired) electrons. The third kappa shape index (κ3) is 6.95. The van der Waals surface area contributed by atoms with Gasteiger partial charge in [-0.15, -0.1) is 0 Å². The molecular weight excluding hydrogens is 769 g/mol. The zero-order valence-electron chi connectivity index (χ0n) is 35.7. The van der Waals surface area contributed by atoms with Gasteiger partial charge in [0, 0.05) is 56.7 Å². The molecule has 1 N–H and O–H groups in total. The number of para-hydroxylation sites is 4. The molecule has 0 saturated heterocycles. The van der Waals surface area contributed by atoms with E-state index in [1.54, 1.807) is 7.11 Å². The van der Waals surface area contributed by atoms with E-state index in [1.165, 1.54) is 22.3 Å². The van der Waals surface area contributed by atoms with Gasteiger partial charge in [0.25, 0.3) is 0 Å². The Kier molecular flexibility index (Phi) is 10.2. The number of rotatable bonds is 11. The fraction of sp³-hybridized carbons (Fsp3) is 0.0847. The van der Waals surface area contributed by atoms with Gasteiger partial charge in [-0.05, 0) is 112 Å². The molecule has 0 aliphatic heterocycles. The average molecular weight is 817 g/mol. The molecule has 1 unspecified atom stereocenters. The highest BCUT2D eigenvalue weighted by Crippen LogP contribution is 2.52. The fourth-order valence-electron chi connectivity index (χ4n) is 9.54. The standard InChI is InChI=1S/C59H48N2O2/c1-58(2)54-30-18-16-28-50(54)52-38-34-43(40-56(52)58)59(62,42-32-35-48(36-33-42)60(44-20-8-4-9-21-44)45-22-10-5-11-23-45)55-31-19-17-29-51(55)53-39-37-49(41-57(53)63-3)61(46-24-12-6-13-25-46)47-26-14-7-15-27-47/h4-41,62H,1-3H3. The molecule has 63 heavy (non-hydrogen) atoms. The molecule has 1 aliphatic carbocycles. The van der Waals surface area contributed by atoms with Gasteiger partial charge in [-0.1, -0.05) is 166 Å². The molecular formula is C59H48N2O2. The van der Waals surface area contributed by atoms with Crippen molar-refractivity contribution in [1.29, 1.82) is 0 Å². The molecule has 306 valence electrons. The van der Waals surface area contributed by atoms with Gasteiger partial charge < -0.3 is 19.6 Å². The van der Waals surface area contributed by atoms with Crippen molar-refractivity contribution in [3.05, 3.63) is 258 Å². The summed E-state index contributed by atoms with van der Waals surface area (Å²) in [6, 6.07) is 79.7. The van der Waals surface area contributed by atoms with E-state index >= 15 is 0 Å². The molecule has 0 heterocycles. The lowest BCUT2D eigenvalue weighted by atomic mass is 9.74. The minimum Gasteiger partial charge on any atom is -0.496 e. The van der Waals surface area contributed by atoms with E-state index in [4.69, 9.17) is 4.74 Å². The Morgan fingerprint density at radius 3 is 1.35 bits per heavy atom. The number of aliphatic hydroxyl groups is 1. The van der Waals surface area contributed by atoms with Gasteiger partial charge in [-0.2, -0.15) is 0 Å². The van der Waals surface area contributed by atoms with E-state index in [0.29, 0.717) is 5.75 Å². The van der Waals surface area contributed by atoms with Crippen molar-refractivity contribution in [2.75, 3.05) is 16.9 Å². The van der Waals surface area contributed by atoms with Crippen molar-refractivity contribution in [2.24, 2.45) is 0 Å². The quantitative estimate of drug-likeness (QED) is 0.132. The maximum Gasteiger partial charge on any atom is 0.141 e. The Morgan fingerprint density at radius 1 is 0.381 bits per heavy atom. The van der Waals surface area contributed by atoms with Crippen molar-refractivity contribution in [3.8, 4) is 28.0 Å². The van der Waals surface area contributed by atoms with Crippen molar-refractivity contribution in [1.82, 2.24) is 0 Å². The Morgan fingerprint density at radius 2 is 0.794 bits per heavy atom. The van der Waals surface area contributed by atoms with Gasteiger partial charge in [0.05, 0.1) is 7.11 Å².